The Bertz CT molecular complexity index is 471. The van der Waals surface area contributed by atoms with Gasteiger partial charge in [-0.2, -0.15) is 0 Å². The van der Waals surface area contributed by atoms with Crippen molar-refractivity contribution in [2.75, 3.05) is 26.2 Å². The van der Waals surface area contributed by atoms with Crippen molar-refractivity contribution in [1.82, 2.24) is 9.80 Å². The van der Waals surface area contributed by atoms with Crippen molar-refractivity contribution in [3.63, 3.8) is 0 Å². The van der Waals surface area contributed by atoms with Crippen molar-refractivity contribution in [2.45, 2.75) is 52.8 Å². The lowest BCUT2D eigenvalue weighted by atomic mass is 10.1. The van der Waals surface area contributed by atoms with Crippen molar-refractivity contribution < 1.29 is 13.9 Å². The molecule has 0 radical (unpaired) electrons. The highest BCUT2D eigenvalue weighted by molar-refractivity contribution is 5.76. The molecule has 5 heteroatoms. The van der Waals surface area contributed by atoms with Crippen LogP contribution in [0.3, 0.4) is 0 Å². The molecule has 5 nitrogen and oxygen atoms in total. The summed E-state index contributed by atoms with van der Waals surface area (Å²) < 4.78 is 11.2. The highest BCUT2D eigenvalue weighted by Gasteiger charge is 2.26. The molecular weight excluding hydrogens is 292 g/mol. The third kappa shape index (κ3) is 5.66. The van der Waals surface area contributed by atoms with E-state index in [1.807, 2.05) is 17.0 Å². The summed E-state index contributed by atoms with van der Waals surface area (Å²) in [5.74, 6) is 1.39. The molecule has 1 aliphatic heterocycles. The average molecular weight is 322 g/mol. The van der Waals surface area contributed by atoms with Crippen LogP contribution in [0.5, 0.6) is 0 Å². The van der Waals surface area contributed by atoms with E-state index in [1.165, 1.54) is 0 Å². The van der Waals surface area contributed by atoms with Gasteiger partial charge in [0, 0.05) is 25.7 Å². The van der Waals surface area contributed by atoms with Crippen molar-refractivity contribution in [3.8, 4) is 0 Å². The summed E-state index contributed by atoms with van der Waals surface area (Å²) in [6.07, 6.45) is 2.08. The van der Waals surface area contributed by atoms with Crippen LogP contribution in [0.4, 0.5) is 0 Å². The molecule has 1 aromatic rings. The van der Waals surface area contributed by atoms with Gasteiger partial charge in [0.25, 0.3) is 0 Å². The zero-order valence-electron chi connectivity index (χ0n) is 14.8. The summed E-state index contributed by atoms with van der Waals surface area (Å²) in [4.78, 5) is 17.0. The Kier molecular flexibility index (Phi) is 6.66. The van der Waals surface area contributed by atoms with Crippen LogP contribution in [-0.2, 0) is 16.1 Å². The van der Waals surface area contributed by atoms with Crippen LogP contribution in [0.25, 0.3) is 0 Å². The van der Waals surface area contributed by atoms with Crippen molar-refractivity contribution in [1.29, 1.82) is 0 Å². The molecule has 2 heterocycles. The molecule has 1 fully saturated rings. The molecule has 0 aliphatic carbocycles. The number of rotatable bonds is 7. The lowest BCUT2D eigenvalue weighted by Crippen LogP contribution is -2.47. The molecule has 0 spiro atoms. The second-order valence-corrected chi connectivity index (χ2v) is 7.03. The predicted octanol–water partition coefficient (Wildman–Crippen LogP) is 2.76. The maximum atomic E-state index is 12.7. The van der Waals surface area contributed by atoms with Crippen LogP contribution in [-0.4, -0.2) is 54.1 Å². The van der Waals surface area contributed by atoms with Crippen molar-refractivity contribution >= 4 is 5.91 Å². The SMILES string of the molecule is CC(C)CN(Cc1ccco1)C(=O)C[C@H]1CN(C(C)C)CCO1. The molecule has 0 bridgehead atoms. The molecule has 2 rings (SSSR count). The van der Waals surface area contributed by atoms with Gasteiger partial charge in [-0.05, 0) is 31.9 Å². The number of hydrogen-bond donors (Lipinski definition) is 0. The molecule has 0 saturated carbocycles. The first-order valence-corrected chi connectivity index (χ1v) is 8.61. The Hall–Kier alpha value is -1.33. The van der Waals surface area contributed by atoms with Crippen LogP contribution >= 0.6 is 0 Å². The van der Waals surface area contributed by atoms with E-state index < -0.39 is 0 Å². The van der Waals surface area contributed by atoms with E-state index in [1.54, 1.807) is 6.26 Å². The van der Waals surface area contributed by atoms with Gasteiger partial charge in [0.1, 0.15) is 5.76 Å². The van der Waals surface area contributed by atoms with E-state index in [-0.39, 0.29) is 12.0 Å². The van der Waals surface area contributed by atoms with Crippen LogP contribution < -0.4 is 0 Å². The van der Waals surface area contributed by atoms with Gasteiger partial charge in [0.05, 0.1) is 31.9 Å². The summed E-state index contributed by atoms with van der Waals surface area (Å²) in [6, 6.07) is 4.27. The molecule has 1 amide bonds. The van der Waals surface area contributed by atoms with Gasteiger partial charge in [-0.15, -0.1) is 0 Å². The van der Waals surface area contributed by atoms with Crippen molar-refractivity contribution in [3.05, 3.63) is 24.2 Å². The van der Waals surface area contributed by atoms with Gasteiger partial charge in [-0.1, -0.05) is 13.8 Å². The molecule has 1 aromatic heterocycles. The summed E-state index contributed by atoms with van der Waals surface area (Å²) in [7, 11) is 0. The van der Waals surface area contributed by atoms with Crippen LogP contribution in [0.2, 0.25) is 0 Å². The van der Waals surface area contributed by atoms with Gasteiger partial charge in [0.2, 0.25) is 5.91 Å². The molecule has 23 heavy (non-hydrogen) atoms. The number of nitrogens with zero attached hydrogens (tertiary/aromatic N) is 2. The molecular formula is C18H30N2O3. The highest BCUT2D eigenvalue weighted by atomic mass is 16.5. The van der Waals surface area contributed by atoms with E-state index in [0.29, 0.717) is 31.5 Å². The maximum absolute atomic E-state index is 12.7. The Morgan fingerprint density at radius 1 is 1.39 bits per heavy atom. The Balaban J connectivity index is 1.93. The lowest BCUT2D eigenvalue weighted by molar-refractivity contribution is -0.138. The summed E-state index contributed by atoms with van der Waals surface area (Å²) in [5, 5.41) is 0. The minimum Gasteiger partial charge on any atom is -0.467 e. The fraction of sp³-hybridized carbons (Fsp3) is 0.722. The first kappa shape index (κ1) is 18.0. The number of carbonyl (C=O) groups is 1. The summed E-state index contributed by atoms with van der Waals surface area (Å²) >= 11 is 0. The standard InChI is InChI=1S/C18H30N2O3/c1-14(2)11-20(12-16-6-5-8-22-16)18(21)10-17-13-19(15(3)4)7-9-23-17/h5-6,8,14-15,17H,7,9-13H2,1-4H3/t17-/m0/s1. The molecule has 1 aliphatic rings. The minimum atomic E-state index is -0.00934. The van der Waals surface area contributed by atoms with Gasteiger partial charge >= 0.3 is 0 Å². The molecule has 0 N–H and O–H groups in total. The largest absolute Gasteiger partial charge is 0.467 e. The predicted molar refractivity (Wildman–Crippen MR) is 90.0 cm³/mol. The zero-order valence-corrected chi connectivity index (χ0v) is 14.8. The molecule has 0 aromatic carbocycles. The number of amides is 1. The molecule has 130 valence electrons. The fourth-order valence-electron chi connectivity index (χ4n) is 2.94. The Morgan fingerprint density at radius 2 is 2.17 bits per heavy atom. The zero-order chi connectivity index (χ0) is 16.8. The quantitative estimate of drug-likeness (QED) is 0.774. The molecule has 1 atom stereocenters. The van der Waals surface area contributed by atoms with Crippen LogP contribution in [0.15, 0.2) is 22.8 Å². The van der Waals surface area contributed by atoms with Gasteiger partial charge in [0.15, 0.2) is 0 Å². The summed E-state index contributed by atoms with van der Waals surface area (Å²) in [5.41, 5.74) is 0. The van der Waals surface area contributed by atoms with Gasteiger partial charge in [-0.25, -0.2) is 0 Å². The minimum absolute atomic E-state index is 0.00934. The summed E-state index contributed by atoms with van der Waals surface area (Å²) in [6.45, 7) is 12.4. The first-order valence-electron chi connectivity index (χ1n) is 8.61. The number of ether oxygens (including phenoxy) is 1. The first-order chi connectivity index (χ1) is 11.0. The third-order valence-electron chi connectivity index (χ3n) is 4.17. The van der Waals surface area contributed by atoms with Crippen LogP contribution in [0.1, 0.15) is 39.9 Å². The smallest absolute Gasteiger partial charge is 0.225 e. The monoisotopic (exact) mass is 322 g/mol. The Morgan fingerprint density at radius 3 is 2.78 bits per heavy atom. The third-order valence-corrected chi connectivity index (χ3v) is 4.17. The molecule has 1 saturated heterocycles. The topological polar surface area (TPSA) is 45.9 Å². The average Bonchev–Trinajstić information content (AvgIpc) is 2.99. The molecule has 0 unspecified atom stereocenters. The van der Waals surface area contributed by atoms with E-state index in [4.69, 9.17) is 9.15 Å². The van der Waals surface area contributed by atoms with Gasteiger partial charge in [-0.3, -0.25) is 9.69 Å². The Labute approximate surface area is 139 Å². The van der Waals surface area contributed by atoms with E-state index >= 15 is 0 Å². The van der Waals surface area contributed by atoms with E-state index in [9.17, 15) is 4.79 Å². The number of furan rings is 1. The van der Waals surface area contributed by atoms with Crippen LogP contribution in [0, 0.1) is 5.92 Å². The second-order valence-electron chi connectivity index (χ2n) is 7.03. The lowest BCUT2D eigenvalue weighted by Gasteiger charge is -2.36. The maximum Gasteiger partial charge on any atom is 0.225 e. The van der Waals surface area contributed by atoms with Crippen molar-refractivity contribution in [2.24, 2.45) is 5.92 Å². The van der Waals surface area contributed by atoms with Gasteiger partial charge < -0.3 is 14.1 Å². The normalized spacial score (nSPS) is 19.5. The van der Waals surface area contributed by atoms with E-state index in [0.717, 1.165) is 25.4 Å². The number of morpholine rings is 1. The van der Waals surface area contributed by atoms with E-state index in [2.05, 4.69) is 32.6 Å². The highest BCUT2D eigenvalue weighted by Crippen LogP contribution is 2.15. The number of hydrogen-bond acceptors (Lipinski definition) is 4. The fourth-order valence-corrected chi connectivity index (χ4v) is 2.94. The number of carbonyl (C=O) groups excluding carboxylic acids is 1. The second kappa shape index (κ2) is 8.50.